The molecule has 0 heterocycles. The molecule has 1 rings (SSSR count). The van der Waals surface area contributed by atoms with Crippen LogP contribution in [0.2, 0.25) is 0 Å². The van der Waals surface area contributed by atoms with Crippen molar-refractivity contribution < 1.29 is 23.0 Å². The van der Waals surface area contributed by atoms with Gasteiger partial charge >= 0.3 is 6.18 Å². The molecule has 0 amide bonds. The van der Waals surface area contributed by atoms with Crippen LogP contribution < -0.4 is 10.5 Å². The molecule has 90 valence electrons. The smallest absolute Gasteiger partial charge is 0.416 e. The summed E-state index contributed by atoms with van der Waals surface area (Å²) in [6.07, 6.45) is -4.43. The largest absolute Gasteiger partial charge is 0.496 e. The topological polar surface area (TPSA) is 55.5 Å². The predicted molar refractivity (Wildman–Crippen MR) is 52.0 cm³/mol. The highest BCUT2D eigenvalue weighted by Crippen LogP contribution is 2.34. The van der Waals surface area contributed by atoms with Gasteiger partial charge in [0.1, 0.15) is 5.75 Å². The summed E-state index contributed by atoms with van der Waals surface area (Å²) in [5.41, 5.74) is 4.81. The van der Waals surface area contributed by atoms with Crippen LogP contribution in [0.4, 0.5) is 13.2 Å². The van der Waals surface area contributed by atoms with E-state index in [0.717, 1.165) is 12.1 Å². The van der Waals surface area contributed by atoms with Crippen molar-refractivity contribution in [2.45, 2.75) is 12.2 Å². The lowest BCUT2D eigenvalue weighted by atomic mass is 10.0. The average Bonchev–Trinajstić information content (AvgIpc) is 2.25. The van der Waals surface area contributed by atoms with Crippen LogP contribution in [0.3, 0.4) is 0 Å². The van der Waals surface area contributed by atoms with Gasteiger partial charge in [-0.25, -0.2) is 0 Å². The van der Waals surface area contributed by atoms with E-state index in [1.54, 1.807) is 0 Å². The lowest BCUT2D eigenvalue weighted by Crippen LogP contribution is -2.17. The van der Waals surface area contributed by atoms with E-state index in [1.807, 2.05) is 0 Å². The first kappa shape index (κ1) is 12.8. The molecule has 0 fully saturated rings. The Labute approximate surface area is 90.6 Å². The van der Waals surface area contributed by atoms with Crippen molar-refractivity contribution in [3.63, 3.8) is 0 Å². The Balaban J connectivity index is 3.21. The van der Waals surface area contributed by atoms with Gasteiger partial charge in [-0.2, -0.15) is 13.2 Å². The van der Waals surface area contributed by atoms with Gasteiger partial charge in [0.05, 0.1) is 25.3 Å². The molecule has 0 aliphatic rings. The molecule has 16 heavy (non-hydrogen) atoms. The summed E-state index contributed by atoms with van der Waals surface area (Å²) < 4.78 is 42.2. The second kappa shape index (κ2) is 4.71. The first-order valence-corrected chi connectivity index (χ1v) is 4.51. The van der Waals surface area contributed by atoms with E-state index < -0.39 is 24.4 Å². The maximum absolute atomic E-state index is 12.4. The number of hydrogen-bond acceptors (Lipinski definition) is 3. The van der Waals surface area contributed by atoms with Crippen LogP contribution in [0.15, 0.2) is 18.2 Å². The number of benzene rings is 1. The minimum atomic E-state index is -4.43. The molecule has 1 atom stereocenters. The van der Waals surface area contributed by atoms with Crippen LogP contribution in [-0.2, 0) is 6.18 Å². The number of aliphatic hydroxyl groups excluding tert-OH is 1. The maximum Gasteiger partial charge on any atom is 0.416 e. The van der Waals surface area contributed by atoms with Crippen molar-refractivity contribution in [3.05, 3.63) is 29.3 Å². The SMILES string of the molecule is COc1ccc(C(F)(F)F)cc1[C@@H](N)CO. The Morgan fingerprint density at radius 2 is 2.06 bits per heavy atom. The van der Waals surface area contributed by atoms with Crippen molar-refractivity contribution in [2.75, 3.05) is 13.7 Å². The molecule has 1 aromatic carbocycles. The molecule has 0 spiro atoms. The molecule has 3 nitrogen and oxygen atoms in total. The Morgan fingerprint density at radius 1 is 1.44 bits per heavy atom. The average molecular weight is 235 g/mol. The van der Waals surface area contributed by atoms with Gasteiger partial charge in [-0.15, -0.1) is 0 Å². The summed E-state index contributed by atoms with van der Waals surface area (Å²) in [5, 5.41) is 8.84. The maximum atomic E-state index is 12.4. The first-order chi connectivity index (χ1) is 7.40. The van der Waals surface area contributed by atoms with Gasteiger partial charge in [-0.3, -0.25) is 0 Å². The number of hydrogen-bond donors (Lipinski definition) is 2. The number of nitrogens with two attached hydrogens (primary N) is 1. The molecular formula is C10H12F3NO2. The molecule has 0 bridgehead atoms. The predicted octanol–water partition coefficient (Wildman–Crippen LogP) is 1.71. The van der Waals surface area contributed by atoms with E-state index >= 15 is 0 Å². The minimum absolute atomic E-state index is 0.139. The van der Waals surface area contributed by atoms with Gasteiger partial charge in [0, 0.05) is 5.56 Å². The third-order valence-electron chi connectivity index (χ3n) is 2.15. The molecule has 0 radical (unpaired) electrons. The zero-order valence-corrected chi connectivity index (χ0v) is 8.58. The highest BCUT2D eigenvalue weighted by Gasteiger charge is 2.31. The lowest BCUT2D eigenvalue weighted by molar-refractivity contribution is -0.137. The molecule has 6 heteroatoms. The normalized spacial score (nSPS) is 13.6. The van der Waals surface area contributed by atoms with E-state index in [-0.39, 0.29) is 11.3 Å². The van der Waals surface area contributed by atoms with E-state index in [4.69, 9.17) is 15.6 Å². The molecule has 0 saturated heterocycles. The van der Waals surface area contributed by atoms with Gasteiger partial charge < -0.3 is 15.6 Å². The molecule has 0 saturated carbocycles. The van der Waals surface area contributed by atoms with Gasteiger partial charge in [0.25, 0.3) is 0 Å². The summed E-state index contributed by atoms with van der Waals surface area (Å²) in [7, 11) is 1.33. The Morgan fingerprint density at radius 3 is 2.50 bits per heavy atom. The van der Waals surface area contributed by atoms with Crippen LogP contribution in [0.5, 0.6) is 5.75 Å². The zero-order valence-electron chi connectivity index (χ0n) is 8.58. The second-order valence-electron chi connectivity index (χ2n) is 3.24. The molecular weight excluding hydrogens is 223 g/mol. The summed E-state index contributed by atoms with van der Waals surface area (Å²) in [6, 6.07) is 2.09. The van der Waals surface area contributed by atoms with Gasteiger partial charge in [-0.05, 0) is 18.2 Å². The van der Waals surface area contributed by atoms with Crippen LogP contribution in [0, 0.1) is 0 Å². The van der Waals surface area contributed by atoms with Crippen molar-refractivity contribution in [3.8, 4) is 5.75 Å². The first-order valence-electron chi connectivity index (χ1n) is 4.51. The number of rotatable bonds is 3. The number of halogens is 3. The fourth-order valence-electron chi connectivity index (χ4n) is 1.30. The van der Waals surface area contributed by atoms with E-state index in [2.05, 4.69) is 0 Å². The van der Waals surface area contributed by atoms with Gasteiger partial charge in [0.15, 0.2) is 0 Å². The third-order valence-corrected chi connectivity index (χ3v) is 2.15. The van der Waals surface area contributed by atoms with E-state index in [9.17, 15) is 13.2 Å². The molecule has 1 aromatic rings. The molecule has 0 aliphatic carbocycles. The van der Waals surface area contributed by atoms with Crippen molar-refractivity contribution in [2.24, 2.45) is 5.73 Å². The Hall–Kier alpha value is -1.27. The highest BCUT2D eigenvalue weighted by atomic mass is 19.4. The monoisotopic (exact) mass is 235 g/mol. The Kier molecular flexibility index (Phi) is 3.77. The van der Waals surface area contributed by atoms with Crippen LogP contribution in [0.1, 0.15) is 17.2 Å². The number of ether oxygens (including phenoxy) is 1. The van der Waals surface area contributed by atoms with Crippen molar-refractivity contribution in [1.82, 2.24) is 0 Å². The van der Waals surface area contributed by atoms with Crippen LogP contribution in [-0.4, -0.2) is 18.8 Å². The second-order valence-corrected chi connectivity index (χ2v) is 3.24. The van der Waals surface area contributed by atoms with Crippen LogP contribution >= 0.6 is 0 Å². The molecule has 0 aromatic heterocycles. The lowest BCUT2D eigenvalue weighted by Gasteiger charge is -2.16. The van der Waals surface area contributed by atoms with Gasteiger partial charge in [-0.1, -0.05) is 0 Å². The number of aliphatic hydroxyl groups is 1. The molecule has 0 aliphatic heterocycles. The summed E-state index contributed by atoms with van der Waals surface area (Å²) in [6.45, 7) is -0.447. The van der Waals surface area contributed by atoms with E-state index in [1.165, 1.54) is 13.2 Å². The quantitative estimate of drug-likeness (QED) is 0.838. The van der Waals surface area contributed by atoms with E-state index in [0.29, 0.717) is 0 Å². The van der Waals surface area contributed by atoms with Crippen LogP contribution in [0.25, 0.3) is 0 Å². The fraction of sp³-hybridized carbons (Fsp3) is 0.400. The Bertz CT molecular complexity index is 366. The molecule has 0 unspecified atom stereocenters. The summed E-state index contributed by atoms with van der Waals surface area (Å²) in [5.74, 6) is 0.231. The van der Waals surface area contributed by atoms with Gasteiger partial charge in [0.2, 0.25) is 0 Å². The highest BCUT2D eigenvalue weighted by molar-refractivity contribution is 5.40. The van der Waals surface area contributed by atoms with Crippen molar-refractivity contribution in [1.29, 1.82) is 0 Å². The molecule has 3 N–H and O–H groups in total. The third kappa shape index (κ3) is 2.65. The summed E-state index contributed by atoms with van der Waals surface area (Å²) >= 11 is 0. The number of alkyl halides is 3. The minimum Gasteiger partial charge on any atom is -0.496 e. The van der Waals surface area contributed by atoms with Crippen molar-refractivity contribution >= 4 is 0 Å². The summed E-state index contributed by atoms with van der Waals surface area (Å²) in [4.78, 5) is 0. The fourth-order valence-corrected chi connectivity index (χ4v) is 1.30. The number of methoxy groups -OCH3 is 1. The zero-order chi connectivity index (χ0) is 12.3. The standard InChI is InChI=1S/C10H12F3NO2/c1-16-9-3-2-6(10(11,12)13)4-7(9)8(14)5-15/h2-4,8,15H,5,14H2,1H3/t8-/m0/s1.